The van der Waals surface area contributed by atoms with Crippen LogP contribution in [0, 0.1) is 11.6 Å². The van der Waals surface area contributed by atoms with Crippen molar-refractivity contribution in [2.45, 2.75) is 10.1 Å². The Morgan fingerprint density at radius 2 is 1.72 bits per heavy atom. The summed E-state index contributed by atoms with van der Waals surface area (Å²) >= 11 is 0.696. The summed E-state index contributed by atoms with van der Waals surface area (Å²) in [7, 11) is 0. The lowest BCUT2D eigenvalue weighted by Crippen LogP contribution is -2.00. The lowest BCUT2D eigenvalue weighted by atomic mass is 10.2. The van der Waals surface area contributed by atoms with E-state index in [1.165, 1.54) is 12.4 Å². The molecule has 0 aliphatic rings. The van der Waals surface area contributed by atoms with Gasteiger partial charge in [0.25, 0.3) is 0 Å². The number of hydrogen-bond acceptors (Lipinski definition) is 4. The average Bonchev–Trinajstić information content (AvgIpc) is 2.34. The number of nitrogens with zero attached hydrogens (tertiary/aromatic N) is 2. The van der Waals surface area contributed by atoms with Gasteiger partial charge >= 0.3 is 5.97 Å². The highest BCUT2D eigenvalue weighted by Crippen LogP contribution is 2.30. The minimum absolute atomic E-state index is 0.179. The Balaban J connectivity index is 2.37. The Morgan fingerprint density at radius 3 is 2.22 bits per heavy atom. The molecule has 0 unspecified atom stereocenters. The van der Waals surface area contributed by atoms with Gasteiger partial charge in [-0.1, -0.05) is 0 Å². The fraction of sp³-hybridized carbons (Fsp3) is 0. The zero-order chi connectivity index (χ0) is 13.1. The predicted molar refractivity (Wildman–Crippen MR) is 59.5 cm³/mol. The van der Waals surface area contributed by atoms with Crippen LogP contribution in [0.25, 0.3) is 0 Å². The van der Waals surface area contributed by atoms with Crippen LogP contribution in [0.1, 0.15) is 10.4 Å². The van der Waals surface area contributed by atoms with Crippen molar-refractivity contribution in [3.8, 4) is 0 Å². The predicted octanol–water partition coefficient (Wildman–Crippen LogP) is 2.60. The largest absolute Gasteiger partial charge is 0.478 e. The molecule has 0 aliphatic carbocycles. The maximum atomic E-state index is 13.6. The quantitative estimate of drug-likeness (QED) is 0.867. The average molecular weight is 268 g/mol. The molecule has 1 N–H and O–H groups in total. The third kappa shape index (κ3) is 2.62. The van der Waals surface area contributed by atoms with Crippen LogP contribution in [-0.2, 0) is 0 Å². The second-order valence-corrected chi connectivity index (χ2v) is 4.19. The molecular formula is C11H6F2N2O2S. The van der Waals surface area contributed by atoms with Gasteiger partial charge in [0, 0.05) is 12.4 Å². The van der Waals surface area contributed by atoms with Crippen LogP contribution in [0.5, 0.6) is 0 Å². The molecule has 0 spiro atoms. The monoisotopic (exact) mass is 268 g/mol. The minimum atomic E-state index is -1.39. The summed E-state index contributed by atoms with van der Waals surface area (Å²) in [5.74, 6) is -3.30. The van der Waals surface area contributed by atoms with E-state index in [0.29, 0.717) is 11.8 Å². The van der Waals surface area contributed by atoms with Crippen molar-refractivity contribution in [2.24, 2.45) is 0 Å². The van der Waals surface area contributed by atoms with Crippen LogP contribution in [-0.4, -0.2) is 21.0 Å². The SMILES string of the molecule is O=C(O)c1cc(F)c(Sc2ncccn2)c(F)c1. The van der Waals surface area contributed by atoms with Crippen molar-refractivity contribution in [1.29, 1.82) is 0 Å². The summed E-state index contributed by atoms with van der Waals surface area (Å²) in [6.45, 7) is 0. The molecule has 7 heteroatoms. The maximum absolute atomic E-state index is 13.6. The van der Waals surface area contributed by atoms with E-state index in [0.717, 1.165) is 12.1 Å². The number of rotatable bonds is 3. The van der Waals surface area contributed by atoms with Crippen molar-refractivity contribution in [3.63, 3.8) is 0 Å². The van der Waals surface area contributed by atoms with Gasteiger partial charge in [-0.2, -0.15) is 0 Å². The molecule has 2 rings (SSSR count). The fourth-order valence-electron chi connectivity index (χ4n) is 1.21. The first-order chi connectivity index (χ1) is 8.58. The highest BCUT2D eigenvalue weighted by Gasteiger charge is 2.16. The summed E-state index contributed by atoms with van der Waals surface area (Å²) < 4.78 is 27.2. The second-order valence-electron chi connectivity index (χ2n) is 3.21. The standard InChI is InChI=1S/C11H6F2N2O2S/c12-7-4-6(10(16)17)5-8(13)9(7)18-11-14-2-1-3-15-11/h1-5H,(H,16,17). The summed E-state index contributed by atoms with van der Waals surface area (Å²) in [5.41, 5.74) is -0.441. The Morgan fingerprint density at radius 1 is 1.17 bits per heavy atom. The van der Waals surface area contributed by atoms with Gasteiger partial charge < -0.3 is 5.11 Å². The van der Waals surface area contributed by atoms with E-state index in [2.05, 4.69) is 9.97 Å². The Hall–Kier alpha value is -2.02. The molecule has 0 bridgehead atoms. The fourth-order valence-corrected chi connectivity index (χ4v) is 1.93. The molecule has 0 atom stereocenters. The zero-order valence-corrected chi connectivity index (χ0v) is 9.62. The summed E-state index contributed by atoms with van der Waals surface area (Å²) in [5, 5.41) is 8.83. The highest BCUT2D eigenvalue weighted by molar-refractivity contribution is 7.99. The van der Waals surface area contributed by atoms with Crippen molar-refractivity contribution >= 4 is 17.7 Å². The van der Waals surface area contributed by atoms with E-state index in [1.807, 2.05) is 0 Å². The number of carboxylic acid groups (broad SMARTS) is 1. The van der Waals surface area contributed by atoms with Crippen LogP contribution in [0.4, 0.5) is 8.78 Å². The van der Waals surface area contributed by atoms with Gasteiger partial charge in [-0.05, 0) is 30.0 Å². The Bertz CT molecular complexity index is 570. The number of aromatic carboxylic acids is 1. The number of aromatic nitrogens is 2. The van der Waals surface area contributed by atoms with Gasteiger partial charge in [0.05, 0.1) is 10.5 Å². The first kappa shape index (κ1) is 12.4. The van der Waals surface area contributed by atoms with Crippen molar-refractivity contribution in [2.75, 3.05) is 0 Å². The number of carboxylic acids is 1. The first-order valence-electron chi connectivity index (χ1n) is 4.75. The van der Waals surface area contributed by atoms with Crippen molar-refractivity contribution in [1.82, 2.24) is 9.97 Å². The molecule has 1 aromatic heterocycles. The smallest absolute Gasteiger partial charge is 0.335 e. The van der Waals surface area contributed by atoms with Crippen LogP contribution in [0.3, 0.4) is 0 Å². The van der Waals surface area contributed by atoms with Gasteiger partial charge in [0.15, 0.2) is 5.16 Å². The molecule has 18 heavy (non-hydrogen) atoms. The first-order valence-corrected chi connectivity index (χ1v) is 5.57. The normalized spacial score (nSPS) is 10.3. The number of halogens is 2. The topological polar surface area (TPSA) is 63.1 Å². The molecule has 4 nitrogen and oxygen atoms in total. The second kappa shape index (κ2) is 5.09. The molecule has 2 aromatic rings. The van der Waals surface area contributed by atoms with E-state index >= 15 is 0 Å². The Labute approximate surface area is 105 Å². The molecule has 0 aliphatic heterocycles. The van der Waals surface area contributed by atoms with Crippen LogP contribution in [0.15, 0.2) is 40.6 Å². The van der Waals surface area contributed by atoms with E-state index in [4.69, 9.17) is 5.11 Å². The number of carbonyl (C=O) groups is 1. The van der Waals surface area contributed by atoms with E-state index < -0.39 is 23.2 Å². The molecule has 1 heterocycles. The molecule has 92 valence electrons. The van der Waals surface area contributed by atoms with E-state index in [9.17, 15) is 13.6 Å². The number of hydrogen-bond donors (Lipinski definition) is 1. The maximum Gasteiger partial charge on any atom is 0.335 e. The molecule has 0 saturated carbocycles. The lowest BCUT2D eigenvalue weighted by Gasteiger charge is -2.04. The molecule has 0 radical (unpaired) electrons. The van der Waals surface area contributed by atoms with Crippen LogP contribution in [0.2, 0.25) is 0 Å². The third-order valence-electron chi connectivity index (χ3n) is 1.98. The molecule has 0 amide bonds. The van der Waals surface area contributed by atoms with Crippen LogP contribution < -0.4 is 0 Å². The van der Waals surface area contributed by atoms with E-state index in [-0.39, 0.29) is 10.1 Å². The van der Waals surface area contributed by atoms with Gasteiger partial charge in [-0.25, -0.2) is 23.5 Å². The minimum Gasteiger partial charge on any atom is -0.478 e. The summed E-state index contributed by atoms with van der Waals surface area (Å²) in [6.07, 6.45) is 2.88. The van der Waals surface area contributed by atoms with Crippen molar-refractivity contribution in [3.05, 3.63) is 47.8 Å². The molecule has 0 saturated heterocycles. The van der Waals surface area contributed by atoms with E-state index in [1.54, 1.807) is 6.07 Å². The third-order valence-corrected chi connectivity index (χ3v) is 2.97. The van der Waals surface area contributed by atoms with Gasteiger partial charge in [-0.15, -0.1) is 0 Å². The molecule has 0 fully saturated rings. The van der Waals surface area contributed by atoms with Gasteiger partial charge in [0.1, 0.15) is 11.6 Å². The molecule has 1 aromatic carbocycles. The zero-order valence-electron chi connectivity index (χ0n) is 8.80. The van der Waals surface area contributed by atoms with Gasteiger partial charge in [0.2, 0.25) is 0 Å². The summed E-state index contributed by atoms with van der Waals surface area (Å²) in [6, 6.07) is 3.09. The number of benzene rings is 1. The van der Waals surface area contributed by atoms with Crippen LogP contribution >= 0.6 is 11.8 Å². The van der Waals surface area contributed by atoms with Crippen molar-refractivity contribution < 1.29 is 18.7 Å². The summed E-state index contributed by atoms with van der Waals surface area (Å²) in [4.78, 5) is 17.9. The highest BCUT2D eigenvalue weighted by atomic mass is 32.2. The lowest BCUT2D eigenvalue weighted by molar-refractivity contribution is 0.0695. The van der Waals surface area contributed by atoms with Gasteiger partial charge in [-0.3, -0.25) is 0 Å². The Kier molecular flexibility index (Phi) is 3.52. The molecular weight excluding hydrogens is 262 g/mol.